The van der Waals surface area contributed by atoms with Gasteiger partial charge < -0.3 is 85.3 Å². The summed E-state index contributed by atoms with van der Waals surface area (Å²) in [5.41, 5.74) is 12.8. The van der Waals surface area contributed by atoms with Crippen molar-refractivity contribution >= 4 is 0 Å². The van der Waals surface area contributed by atoms with Crippen molar-refractivity contribution in [2.75, 3.05) is 20.5 Å². The molecule has 19 rings (SSSR count). The van der Waals surface area contributed by atoms with Gasteiger partial charge in [-0.05, 0) is 80.1 Å². The van der Waals surface area contributed by atoms with Crippen molar-refractivity contribution in [2.24, 2.45) is 0 Å². The maximum absolute atomic E-state index is 7.81. The van der Waals surface area contributed by atoms with E-state index in [1.807, 2.05) is 365 Å². The molecule has 4 saturated heterocycles. The molecule has 12 aromatic carbocycles. The Balaban J connectivity index is 0.689. The largest absolute Gasteiger partial charge is 0.368 e. The fourth-order valence-corrected chi connectivity index (χ4v) is 19.3. The summed E-state index contributed by atoms with van der Waals surface area (Å²) in [5, 5.41) is 30.4. The van der Waals surface area contributed by atoms with E-state index >= 15 is 0 Å². The average molecular weight is 1960 g/mol. The minimum absolute atomic E-state index is 0.0392. The standard InChI is InChI=1S/C118H125N9O18/c1-84-104(130-71-85-39-15-3-16-40-85)112(135-76-90-49-25-8-26-50-90)113(136-77-91-51-27-9-28-52-91)105(142-84)97-65-126(122-119-97)69-102-110(133-74-88-45-21-6-22-46-88)117(140-81-95-59-35-13-36-60-95)115(138-79-93-55-31-11-32-56-93)107(144-102)99-67-127(124-121-99)70-103-111(134-75-89-47-23-7-24-48-89)118(141-82-96-61-37-14-38-62-96)114(137-78-92-53-29-10-30-54-92)106(145-103)98-66-125(123-120-98)68-101-109(132-73-87-43-19-5-20-44-87)116(139-80-94-57-33-12-34-58-94)108(100(143-101)63-64-129-83-128-2)131-72-86-41-17-4-18-42-86/h3-62,65-67,84,100-118H,63-64,68-83H2,1-2H3/t84-,100-,101-,102-,103-,104-,105-,106-,107-,108-,109-,110-,111-,112+,113-,114-,115-,116-,117+,118+/m1/s1. The molecule has 0 bridgehead atoms. The number of ether oxygens (including phenoxy) is 18. The van der Waals surface area contributed by atoms with Gasteiger partial charge in [-0.25, -0.2) is 14.0 Å². The zero-order valence-electron chi connectivity index (χ0n) is 81.5. The summed E-state index contributed by atoms with van der Waals surface area (Å²) in [6, 6.07) is 121. The summed E-state index contributed by atoms with van der Waals surface area (Å²) in [7, 11) is 1.61. The van der Waals surface area contributed by atoms with E-state index < -0.39 is 122 Å². The zero-order chi connectivity index (χ0) is 98.2. The Morgan fingerprint density at radius 2 is 0.414 bits per heavy atom. The van der Waals surface area contributed by atoms with E-state index in [9.17, 15) is 0 Å². The highest BCUT2D eigenvalue weighted by Crippen LogP contribution is 2.44. The summed E-state index contributed by atoms with van der Waals surface area (Å²) in [5.74, 6) is 0. The van der Waals surface area contributed by atoms with E-state index in [1.165, 1.54) is 0 Å². The van der Waals surface area contributed by atoms with E-state index in [1.54, 1.807) is 21.2 Å². The van der Waals surface area contributed by atoms with Gasteiger partial charge in [0.25, 0.3) is 0 Å². The number of benzene rings is 12. The smallest absolute Gasteiger partial charge is 0.146 e. The van der Waals surface area contributed by atoms with Crippen LogP contribution in [0.15, 0.2) is 383 Å². The van der Waals surface area contributed by atoms with Crippen molar-refractivity contribution in [3.8, 4) is 0 Å². The Labute approximate surface area is 846 Å². The molecular weight excluding hydrogens is 1830 g/mol. The molecule has 0 N–H and O–H groups in total. The van der Waals surface area contributed by atoms with E-state index in [0.29, 0.717) is 36.7 Å². The molecule has 0 amide bonds. The van der Waals surface area contributed by atoms with Gasteiger partial charge in [0.2, 0.25) is 0 Å². The number of aromatic nitrogens is 9. The number of hydrogen-bond donors (Lipinski definition) is 0. The molecule has 7 heterocycles. The first-order chi connectivity index (χ1) is 71.7. The van der Waals surface area contributed by atoms with Gasteiger partial charge in [0.1, 0.15) is 134 Å². The van der Waals surface area contributed by atoms with E-state index in [4.69, 9.17) is 116 Å². The molecule has 27 nitrogen and oxygen atoms in total. The number of nitrogens with zero attached hydrogens (tertiary/aromatic N) is 9. The first-order valence-corrected chi connectivity index (χ1v) is 50.0. The Kier molecular flexibility index (Phi) is 36.5. The Morgan fingerprint density at radius 3 is 0.655 bits per heavy atom. The van der Waals surface area contributed by atoms with Crippen LogP contribution in [0.4, 0.5) is 0 Å². The second-order valence-corrected chi connectivity index (χ2v) is 37.0. The third kappa shape index (κ3) is 28.0. The van der Waals surface area contributed by atoms with Crippen molar-refractivity contribution in [1.82, 2.24) is 45.0 Å². The van der Waals surface area contributed by atoms with Crippen molar-refractivity contribution in [3.05, 3.63) is 466 Å². The van der Waals surface area contributed by atoms with Crippen LogP contribution < -0.4 is 0 Å². The van der Waals surface area contributed by atoms with E-state index in [-0.39, 0.29) is 99.1 Å². The fraction of sp³-hybridized carbons (Fsp3) is 0.339. The summed E-state index contributed by atoms with van der Waals surface area (Å²) in [6.45, 7) is 5.27. The molecule has 27 heteroatoms. The third-order valence-electron chi connectivity index (χ3n) is 26.6. The maximum atomic E-state index is 7.81. The molecule has 15 aromatic rings. The minimum Gasteiger partial charge on any atom is -0.368 e. The van der Waals surface area contributed by atoms with Crippen LogP contribution in [0.1, 0.15) is 115 Å². The molecule has 4 fully saturated rings. The summed E-state index contributed by atoms with van der Waals surface area (Å²) >= 11 is 0. The quantitative estimate of drug-likeness (QED) is 0.0253. The highest BCUT2D eigenvalue weighted by molar-refractivity contribution is 5.26. The van der Waals surface area contributed by atoms with Gasteiger partial charge in [0.15, 0.2) is 0 Å². The molecule has 4 aliphatic heterocycles. The lowest BCUT2D eigenvalue weighted by atomic mass is 9.91. The molecule has 0 aliphatic carbocycles. The zero-order valence-corrected chi connectivity index (χ0v) is 81.5. The lowest BCUT2D eigenvalue weighted by molar-refractivity contribution is -0.271. The number of rotatable bonds is 50. The van der Waals surface area contributed by atoms with Crippen LogP contribution in [0.2, 0.25) is 0 Å². The topological polar surface area (TPSA) is 258 Å². The molecule has 0 unspecified atom stereocenters. The molecular formula is C118H125N9O18. The molecule has 4 aliphatic rings. The van der Waals surface area contributed by atoms with Gasteiger partial charge in [0.05, 0.1) is 136 Å². The molecule has 3 aromatic heterocycles. The van der Waals surface area contributed by atoms with Crippen LogP contribution in [0.3, 0.4) is 0 Å². The molecule has 0 spiro atoms. The summed E-state index contributed by atoms with van der Waals surface area (Å²) < 4.78 is 134. The van der Waals surface area contributed by atoms with Crippen molar-refractivity contribution in [2.45, 2.75) is 234 Å². The molecule has 750 valence electrons. The first kappa shape index (κ1) is 101. The average Bonchev–Trinajstić information content (AvgIpc) is 1.66. The maximum Gasteiger partial charge on any atom is 0.146 e. The Morgan fingerprint density at radius 1 is 0.221 bits per heavy atom. The van der Waals surface area contributed by atoms with Crippen molar-refractivity contribution in [1.29, 1.82) is 0 Å². The van der Waals surface area contributed by atoms with Gasteiger partial charge in [-0.3, -0.25) is 0 Å². The highest BCUT2D eigenvalue weighted by atomic mass is 16.7. The summed E-state index contributed by atoms with van der Waals surface area (Å²) in [6.07, 6.45) is -9.72. The molecule has 0 radical (unpaired) electrons. The van der Waals surface area contributed by atoms with Crippen LogP contribution in [-0.2, 0) is 184 Å². The predicted molar refractivity (Wildman–Crippen MR) is 540 cm³/mol. The van der Waals surface area contributed by atoms with Gasteiger partial charge in [0, 0.05) is 7.11 Å². The summed E-state index contributed by atoms with van der Waals surface area (Å²) in [4.78, 5) is 0. The van der Waals surface area contributed by atoms with Gasteiger partial charge in [-0.2, -0.15) is 0 Å². The first-order valence-electron chi connectivity index (χ1n) is 50.0. The normalized spacial score (nSPS) is 24.3. The van der Waals surface area contributed by atoms with Crippen LogP contribution in [0.5, 0.6) is 0 Å². The highest BCUT2D eigenvalue weighted by Gasteiger charge is 2.55. The van der Waals surface area contributed by atoms with Crippen molar-refractivity contribution in [3.63, 3.8) is 0 Å². The van der Waals surface area contributed by atoms with Gasteiger partial charge in [-0.1, -0.05) is 380 Å². The second-order valence-electron chi connectivity index (χ2n) is 37.0. The lowest BCUT2D eigenvalue weighted by Gasteiger charge is -2.46. The van der Waals surface area contributed by atoms with Crippen LogP contribution in [-0.4, -0.2) is 169 Å². The van der Waals surface area contributed by atoms with Crippen LogP contribution in [0, 0.1) is 0 Å². The Hall–Kier alpha value is -12.7. The van der Waals surface area contributed by atoms with Crippen molar-refractivity contribution < 1.29 is 85.3 Å². The monoisotopic (exact) mass is 1960 g/mol. The lowest BCUT2D eigenvalue weighted by Crippen LogP contribution is -2.61. The Bertz CT molecular complexity index is 6220. The fourth-order valence-electron chi connectivity index (χ4n) is 19.3. The SMILES string of the molecule is COCOCC[C@H]1O[C@H](Cn2cc([C@H]3O[C@H](Cn4cc([C@H]5O[C@H](Cn6cc([C@H]7O[C@H](C)[C@@H](OCc8ccccc8)[C@H](OCc8ccccc8)[C@@H]7OCc7ccccc7)nn6)[C@@H](OCc6ccccc6)[C@H](OCc6ccccc6)[C@@H]5OCc5ccccc5)nn4)[C@@H](OCc4ccccc4)[C@H](OCc4ccccc4)[C@@H]3OCc3ccccc3)nn2)[C@@H](OCc2ccccc2)[C@H](OCc2ccccc2)[C@@H]1OCc1ccccc1. The predicted octanol–water partition coefficient (Wildman–Crippen LogP) is 19.0. The number of methoxy groups -OCH3 is 1. The molecule has 20 atom stereocenters. The van der Waals surface area contributed by atoms with Crippen LogP contribution in [0.25, 0.3) is 0 Å². The van der Waals surface area contributed by atoms with Crippen LogP contribution >= 0.6 is 0 Å². The number of hydrogen-bond acceptors (Lipinski definition) is 24. The second kappa shape index (κ2) is 52.4. The third-order valence-corrected chi connectivity index (χ3v) is 26.6. The van der Waals surface area contributed by atoms with Gasteiger partial charge >= 0.3 is 0 Å². The van der Waals surface area contributed by atoms with Gasteiger partial charge in [-0.15, -0.1) is 15.3 Å². The molecule has 0 saturated carbocycles. The van der Waals surface area contributed by atoms with E-state index in [2.05, 4.69) is 24.3 Å². The van der Waals surface area contributed by atoms with E-state index in [0.717, 1.165) is 66.8 Å². The minimum atomic E-state index is -1.01. The molecule has 145 heavy (non-hydrogen) atoms.